The molecule has 316 valence electrons. The van der Waals surface area contributed by atoms with Crippen molar-refractivity contribution in [2.75, 3.05) is 0 Å². The molecule has 0 amide bonds. The van der Waals surface area contributed by atoms with E-state index in [1.54, 1.807) is 0 Å². The van der Waals surface area contributed by atoms with E-state index < -0.39 is 23.0 Å². The fourth-order valence-electron chi connectivity index (χ4n) is 8.90. The molecule has 0 saturated carbocycles. The normalized spacial score (nSPS) is 20.7. The lowest BCUT2D eigenvalue weighted by Gasteiger charge is -2.23. The number of rotatable bonds is 4. The number of fused-ring (bicyclic) bond motifs is 6. The minimum atomic E-state index is -0.835. The number of benzene rings is 5. The highest BCUT2D eigenvalue weighted by molar-refractivity contribution is 6.10. The number of hydrogen-bond donors (Lipinski definition) is 5. The molecule has 10 rings (SSSR count). The monoisotopic (exact) mass is 840 g/mol. The van der Waals surface area contributed by atoms with E-state index in [9.17, 15) is 20.4 Å². The van der Waals surface area contributed by atoms with Crippen molar-refractivity contribution in [2.24, 2.45) is 0 Å². The highest BCUT2D eigenvalue weighted by atomic mass is 16.4. The highest BCUT2D eigenvalue weighted by Gasteiger charge is 2.25. The van der Waals surface area contributed by atoms with E-state index in [2.05, 4.69) is 173 Å². The van der Waals surface area contributed by atoms with Crippen LogP contribution >= 0.6 is 0 Å². The third-order valence-electron chi connectivity index (χ3n) is 12.0. The molecule has 0 fully saturated rings. The predicted octanol–water partition coefficient (Wildman–Crippen LogP) is 14.2. The molecule has 2 aliphatic carbocycles. The van der Waals surface area contributed by atoms with Gasteiger partial charge in [-0.25, -0.2) is 0 Å². The second-order valence-electron chi connectivity index (χ2n) is 15.8. The van der Waals surface area contributed by atoms with Gasteiger partial charge in [-0.05, 0) is 120 Å². The Hall–Kier alpha value is -8.03. The van der Waals surface area contributed by atoms with Gasteiger partial charge in [0.2, 0.25) is 22.9 Å². The second kappa shape index (κ2) is 17.8. The minimum absolute atomic E-state index is 0.582. The van der Waals surface area contributed by atoms with Crippen molar-refractivity contribution in [3.63, 3.8) is 0 Å². The van der Waals surface area contributed by atoms with E-state index in [1.807, 2.05) is 32.0 Å². The fraction of sp³-hybridized carbons (Fsp3) is 0.105. The molecule has 5 N–H and O–H groups in total. The van der Waals surface area contributed by atoms with Gasteiger partial charge in [0.05, 0.1) is 11.0 Å². The molecule has 7 nitrogen and oxygen atoms in total. The summed E-state index contributed by atoms with van der Waals surface area (Å²) < 4.78 is 4.53. The second-order valence-corrected chi connectivity index (χ2v) is 15.8. The molecule has 3 heterocycles. The molecular formula is C57H50N3O4+. The van der Waals surface area contributed by atoms with Gasteiger partial charge in [0.25, 0.3) is 0 Å². The summed E-state index contributed by atoms with van der Waals surface area (Å²) in [6.07, 6.45) is 24.1. The number of aliphatic hydroxyl groups excluding tert-OH is 4. The first-order valence-electron chi connectivity index (χ1n) is 21.8. The SMILES string of the molecule is C/C1=C\C(c2ccc3c(c2)C2=C(CCC(c4ccc5c(c4)c4ccccc4n5-c4ccccc4)=C2)N/C=C(O)/C(O)=C(O)\C(O)=C/3)=C/C=[N+](C2=CC=CCC=C2)c2ccccc21.CC. The van der Waals surface area contributed by atoms with Gasteiger partial charge in [-0.3, -0.25) is 0 Å². The maximum Gasteiger partial charge on any atom is 0.218 e. The molecule has 0 unspecified atom stereocenters. The lowest BCUT2D eigenvalue weighted by molar-refractivity contribution is -0.371. The van der Waals surface area contributed by atoms with Crippen LogP contribution in [-0.4, -0.2) is 35.8 Å². The van der Waals surface area contributed by atoms with Crippen molar-refractivity contribution >= 4 is 62.1 Å². The standard InChI is InChI=1S/C55H43N3O4.C2H6/c1-35-29-39(27-28-57(41-13-5-2-3-6-14-41)49-19-11-9-17-43(35)49)36-21-22-40-33-52(59)54(61)55(62)53(60)34-56-48-25-23-37(31-46(48)45(40)30-36)38-24-26-51-47(32-38)44-18-10-12-20-50(44)58(51)42-15-7-4-8-16-42;1-2/h2,4-22,24,26-34H,3,23,25H2,1H3,(H4,56,59,60,61,62);1-2H3/p+1/b28-27?,35-29+,40-33?;. The van der Waals surface area contributed by atoms with Crippen molar-refractivity contribution in [1.29, 1.82) is 0 Å². The van der Waals surface area contributed by atoms with Gasteiger partial charge in [-0.15, -0.1) is 0 Å². The summed E-state index contributed by atoms with van der Waals surface area (Å²) in [7, 11) is 0. The van der Waals surface area contributed by atoms with Gasteiger partial charge in [0.15, 0.2) is 17.7 Å². The number of allylic oxidation sites excluding steroid dienone is 13. The van der Waals surface area contributed by atoms with E-state index in [1.165, 1.54) is 17.7 Å². The summed E-state index contributed by atoms with van der Waals surface area (Å²) in [6, 6.07) is 40.1. The fourth-order valence-corrected chi connectivity index (χ4v) is 8.90. The van der Waals surface area contributed by atoms with Crippen molar-refractivity contribution in [3.05, 3.63) is 232 Å². The number of nitrogens with one attached hydrogen (secondary N) is 1. The van der Waals surface area contributed by atoms with Crippen LogP contribution in [0.25, 0.3) is 55.9 Å². The van der Waals surface area contributed by atoms with Crippen molar-refractivity contribution < 1.29 is 25.0 Å². The molecule has 0 atom stereocenters. The molecule has 64 heavy (non-hydrogen) atoms. The maximum absolute atomic E-state index is 11.2. The first-order valence-corrected chi connectivity index (χ1v) is 21.8. The Morgan fingerprint density at radius 3 is 2.25 bits per heavy atom. The number of para-hydroxylation sites is 3. The van der Waals surface area contributed by atoms with Gasteiger partial charge < -0.3 is 30.3 Å². The minimum Gasteiger partial charge on any atom is -0.504 e. The summed E-state index contributed by atoms with van der Waals surface area (Å²) in [5, 5.41) is 49.1. The Bertz CT molecular complexity index is 3210. The Kier molecular flexibility index (Phi) is 11.5. The molecule has 1 aromatic heterocycles. The molecule has 0 bridgehead atoms. The molecular weight excluding hydrogens is 791 g/mol. The number of aromatic nitrogens is 1. The zero-order chi connectivity index (χ0) is 44.3. The third-order valence-corrected chi connectivity index (χ3v) is 12.0. The van der Waals surface area contributed by atoms with Crippen LogP contribution in [0.5, 0.6) is 0 Å². The third kappa shape index (κ3) is 7.73. The average molecular weight is 841 g/mol. The Balaban J connectivity index is 0.00000256. The molecule has 5 aromatic carbocycles. The highest BCUT2D eigenvalue weighted by Crippen LogP contribution is 2.41. The topological polar surface area (TPSA) is 101 Å². The van der Waals surface area contributed by atoms with Crippen LogP contribution in [0.2, 0.25) is 0 Å². The van der Waals surface area contributed by atoms with Crippen LogP contribution in [0.3, 0.4) is 0 Å². The zero-order valence-corrected chi connectivity index (χ0v) is 36.1. The van der Waals surface area contributed by atoms with E-state index in [-0.39, 0.29) is 0 Å². The lowest BCUT2D eigenvalue weighted by Crippen LogP contribution is -2.13. The summed E-state index contributed by atoms with van der Waals surface area (Å²) in [5.74, 6) is -2.86. The number of hydrogen-bond acceptors (Lipinski definition) is 5. The van der Waals surface area contributed by atoms with Crippen molar-refractivity contribution in [1.82, 2.24) is 9.88 Å². The van der Waals surface area contributed by atoms with Crippen LogP contribution in [0.1, 0.15) is 67.9 Å². The van der Waals surface area contributed by atoms with E-state index >= 15 is 0 Å². The van der Waals surface area contributed by atoms with Gasteiger partial charge >= 0.3 is 0 Å². The number of nitrogens with zero attached hydrogens (tertiary/aromatic N) is 2. The molecule has 7 heteroatoms. The Morgan fingerprint density at radius 1 is 0.641 bits per heavy atom. The summed E-state index contributed by atoms with van der Waals surface area (Å²) in [4.78, 5) is 0. The van der Waals surface area contributed by atoms with Crippen LogP contribution in [0.4, 0.5) is 5.69 Å². The van der Waals surface area contributed by atoms with Crippen molar-refractivity contribution in [3.8, 4) is 5.69 Å². The van der Waals surface area contributed by atoms with E-state index in [4.69, 9.17) is 0 Å². The maximum atomic E-state index is 11.2. The van der Waals surface area contributed by atoms with Crippen molar-refractivity contribution in [2.45, 2.75) is 40.0 Å². The van der Waals surface area contributed by atoms with Crippen LogP contribution < -0.4 is 5.32 Å². The smallest absolute Gasteiger partial charge is 0.218 e. The molecule has 2 aliphatic heterocycles. The summed E-state index contributed by atoms with van der Waals surface area (Å²) in [6.45, 7) is 6.13. The quantitative estimate of drug-likeness (QED) is 0.114. The Morgan fingerprint density at radius 2 is 1.39 bits per heavy atom. The average Bonchev–Trinajstić information content (AvgIpc) is 3.43. The van der Waals surface area contributed by atoms with Gasteiger partial charge in [-0.1, -0.05) is 105 Å². The molecule has 0 saturated heterocycles. The zero-order valence-electron chi connectivity index (χ0n) is 36.1. The van der Waals surface area contributed by atoms with E-state index in [0.717, 1.165) is 90.2 Å². The van der Waals surface area contributed by atoms with Gasteiger partial charge in [0.1, 0.15) is 0 Å². The van der Waals surface area contributed by atoms with E-state index in [0.29, 0.717) is 18.4 Å². The molecule has 0 radical (unpaired) electrons. The largest absolute Gasteiger partial charge is 0.504 e. The first-order chi connectivity index (χ1) is 31.3. The van der Waals surface area contributed by atoms with Gasteiger partial charge in [0, 0.05) is 63.8 Å². The summed E-state index contributed by atoms with van der Waals surface area (Å²) in [5.41, 5.74) is 14.9. The molecule has 4 aliphatic rings. The van der Waals surface area contributed by atoms with Crippen LogP contribution in [-0.2, 0) is 0 Å². The predicted molar refractivity (Wildman–Crippen MR) is 264 cm³/mol. The first kappa shape index (κ1) is 41.3. The van der Waals surface area contributed by atoms with Crippen LogP contribution in [0, 0.1) is 0 Å². The van der Waals surface area contributed by atoms with Gasteiger partial charge in [-0.2, -0.15) is 4.58 Å². The molecule has 6 aromatic rings. The van der Waals surface area contributed by atoms with Crippen LogP contribution in [0.15, 0.2) is 204 Å². The number of aliphatic hydroxyl groups is 4. The summed E-state index contributed by atoms with van der Waals surface area (Å²) >= 11 is 0. The lowest BCUT2D eigenvalue weighted by atomic mass is 9.85. The molecule has 0 spiro atoms. The Labute approximate surface area is 373 Å².